The Labute approximate surface area is 130 Å². The van der Waals surface area contributed by atoms with Gasteiger partial charge in [0.2, 0.25) is 0 Å². The first-order chi connectivity index (χ1) is 11.2. The number of hydrogen-bond donors (Lipinski definition) is 2. The van der Waals surface area contributed by atoms with Crippen LogP contribution in [0.2, 0.25) is 0 Å². The normalized spacial score (nSPS) is 11.4. The van der Waals surface area contributed by atoms with Crippen LogP contribution in [0.3, 0.4) is 0 Å². The number of carbonyl (C=O) groups excluding carboxylic acids is 2. The third-order valence-corrected chi connectivity index (χ3v) is 3.24. The zero-order valence-corrected chi connectivity index (χ0v) is 11.9. The Morgan fingerprint density at radius 1 is 1.17 bits per heavy atom. The average Bonchev–Trinajstić information content (AvgIpc) is 2.60. The van der Waals surface area contributed by atoms with E-state index in [0.717, 1.165) is 0 Å². The second kappa shape index (κ2) is 6.15. The number of phenols is 1. The van der Waals surface area contributed by atoms with Gasteiger partial charge in [-0.2, -0.15) is 5.10 Å². The van der Waals surface area contributed by atoms with E-state index in [4.69, 9.17) is 4.42 Å². The molecule has 1 amide bonds. The fourth-order valence-electron chi connectivity index (χ4n) is 2.11. The molecule has 1 aromatic heterocycles. The van der Waals surface area contributed by atoms with Crippen LogP contribution >= 0.6 is 0 Å². The van der Waals surface area contributed by atoms with E-state index in [-0.39, 0.29) is 16.7 Å². The fraction of sp³-hybridized carbons (Fsp3) is 0. The Balaban J connectivity index is 2.09. The summed E-state index contributed by atoms with van der Waals surface area (Å²) in [5, 5.41) is 14.3. The average molecular weight is 308 g/mol. The molecule has 6 heteroatoms. The highest BCUT2D eigenvalue weighted by molar-refractivity contribution is 5.94. The highest BCUT2D eigenvalue weighted by Gasteiger charge is 2.07. The number of phenolic OH excluding ortho intramolecular Hbond substituents is 1. The first-order valence-corrected chi connectivity index (χ1v) is 6.78. The summed E-state index contributed by atoms with van der Waals surface area (Å²) in [4.78, 5) is 23.2. The number of amides is 1. The van der Waals surface area contributed by atoms with Gasteiger partial charge in [0.05, 0.1) is 5.56 Å². The van der Waals surface area contributed by atoms with Crippen molar-refractivity contribution in [1.29, 1.82) is 0 Å². The number of carbonyl (C=O) groups is 2. The van der Waals surface area contributed by atoms with Gasteiger partial charge in [-0.25, -0.2) is 5.43 Å². The summed E-state index contributed by atoms with van der Waals surface area (Å²) in [6, 6.07) is 13.0. The van der Waals surface area contributed by atoms with Crippen LogP contribution in [-0.4, -0.2) is 17.3 Å². The van der Waals surface area contributed by atoms with E-state index in [2.05, 4.69) is 10.5 Å². The molecule has 0 unspecified atom stereocenters. The molecule has 6 nitrogen and oxygen atoms in total. The molecule has 0 spiro atoms. The summed E-state index contributed by atoms with van der Waals surface area (Å²) in [6.07, 6.45) is 1.82. The lowest BCUT2D eigenvalue weighted by Gasteiger charge is -2.03. The Bertz CT molecular complexity index is 946. The fourth-order valence-corrected chi connectivity index (χ4v) is 2.11. The van der Waals surface area contributed by atoms with Crippen molar-refractivity contribution in [3.05, 3.63) is 71.3 Å². The summed E-state index contributed by atoms with van der Waals surface area (Å²) in [6.45, 7) is 0. The number of fused-ring (bicyclic) bond motifs is 1. The number of rotatable bonds is 3. The van der Waals surface area contributed by atoms with Gasteiger partial charge < -0.3 is 9.52 Å². The van der Waals surface area contributed by atoms with Gasteiger partial charge in [0.15, 0.2) is 6.29 Å². The van der Waals surface area contributed by atoms with Gasteiger partial charge in [-0.05, 0) is 30.3 Å². The molecule has 114 valence electrons. The smallest absolute Gasteiger partial charge is 0.271 e. The first-order valence-electron chi connectivity index (χ1n) is 6.78. The molecule has 2 N–H and O–H groups in total. The lowest BCUT2D eigenvalue weighted by Crippen LogP contribution is -2.23. The maximum absolute atomic E-state index is 12.1. The molecule has 3 aromatic rings. The van der Waals surface area contributed by atoms with Gasteiger partial charge in [-0.1, -0.05) is 18.2 Å². The summed E-state index contributed by atoms with van der Waals surface area (Å²) in [7, 11) is 0. The second-order valence-corrected chi connectivity index (χ2v) is 4.76. The van der Waals surface area contributed by atoms with Gasteiger partial charge in [0.25, 0.3) is 5.91 Å². The van der Waals surface area contributed by atoms with E-state index in [1.54, 1.807) is 36.4 Å². The van der Waals surface area contributed by atoms with Gasteiger partial charge in [-0.3, -0.25) is 9.59 Å². The van der Waals surface area contributed by atoms with Crippen LogP contribution in [0.25, 0.3) is 11.0 Å². The molecule has 1 heterocycles. The van der Waals surface area contributed by atoms with Crippen molar-refractivity contribution in [3.8, 4) is 5.75 Å². The molecular formula is C17H12N2O4. The molecule has 0 saturated carbocycles. The van der Waals surface area contributed by atoms with Crippen molar-refractivity contribution >= 4 is 23.2 Å². The van der Waals surface area contributed by atoms with Crippen LogP contribution in [0.5, 0.6) is 5.75 Å². The van der Waals surface area contributed by atoms with Crippen LogP contribution in [0, 0.1) is 0 Å². The van der Waals surface area contributed by atoms with Crippen molar-refractivity contribution < 1.29 is 19.1 Å². The van der Waals surface area contributed by atoms with Crippen LogP contribution in [-0.2, 0) is 0 Å². The van der Waals surface area contributed by atoms with E-state index in [0.29, 0.717) is 22.8 Å². The predicted octanol–water partition coefficient (Wildman–Crippen LogP) is 2.20. The molecule has 0 radical (unpaired) electrons. The Hall–Kier alpha value is -3.41. The molecule has 0 fully saturated rings. The summed E-state index contributed by atoms with van der Waals surface area (Å²) < 4.78 is 5.31. The number of nitrogens with one attached hydrogen (secondary N) is 1. The summed E-state index contributed by atoms with van der Waals surface area (Å²) >= 11 is 0. The van der Waals surface area contributed by atoms with Crippen LogP contribution in [0.4, 0.5) is 0 Å². The molecule has 0 bridgehead atoms. The minimum Gasteiger partial charge on any atom is -0.508 e. The van der Waals surface area contributed by atoms with Crippen LogP contribution < -0.4 is 10.8 Å². The van der Waals surface area contributed by atoms with Crippen molar-refractivity contribution in [2.75, 3.05) is 0 Å². The molecule has 2 aromatic carbocycles. The van der Waals surface area contributed by atoms with Gasteiger partial charge in [-0.15, -0.1) is 0 Å². The molecule has 3 rings (SSSR count). The Morgan fingerprint density at radius 2 is 1.96 bits per heavy atom. The van der Waals surface area contributed by atoms with E-state index in [9.17, 15) is 14.7 Å². The van der Waals surface area contributed by atoms with Gasteiger partial charge in [0.1, 0.15) is 23.0 Å². The van der Waals surface area contributed by atoms with E-state index < -0.39 is 5.91 Å². The van der Waals surface area contributed by atoms with Gasteiger partial charge >= 0.3 is 0 Å². The first kappa shape index (κ1) is 14.5. The van der Waals surface area contributed by atoms with E-state index in [1.165, 1.54) is 18.4 Å². The van der Waals surface area contributed by atoms with Crippen LogP contribution in [0.1, 0.15) is 20.7 Å². The maximum Gasteiger partial charge on any atom is 0.271 e. The molecule has 23 heavy (non-hydrogen) atoms. The largest absolute Gasteiger partial charge is 0.508 e. The Morgan fingerprint density at radius 3 is 2.70 bits per heavy atom. The third-order valence-electron chi connectivity index (χ3n) is 3.24. The van der Waals surface area contributed by atoms with Crippen LogP contribution in [0.15, 0.2) is 64.3 Å². The van der Waals surface area contributed by atoms with Crippen molar-refractivity contribution in [2.45, 2.75) is 0 Å². The standard InChI is InChI=1S/C17H12N2O4/c20-9-12-10-23-15-7-6-13(21)8-14(15)16(12)18-19-17(22)11-4-2-1-3-5-11/h1-10,21H,(H,19,22). The highest BCUT2D eigenvalue weighted by atomic mass is 16.3. The highest BCUT2D eigenvalue weighted by Crippen LogP contribution is 2.17. The van der Waals surface area contributed by atoms with E-state index >= 15 is 0 Å². The summed E-state index contributed by atoms with van der Waals surface area (Å²) in [5.41, 5.74) is 3.44. The molecule has 0 aliphatic rings. The molecule has 0 aliphatic carbocycles. The number of aldehydes is 1. The molecule has 0 aliphatic heterocycles. The van der Waals surface area contributed by atoms with Crippen molar-refractivity contribution in [2.24, 2.45) is 5.10 Å². The minimum atomic E-state index is -0.406. The SMILES string of the molecule is O=Cc1coc2ccc(O)cc2c1=NNC(=O)c1ccccc1. The maximum atomic E-state index is 12.1. The second-order valence-electron chi connectivity index (χ2n) is 4.76. The lowest BCUT2D eigenvalue weighted by molar-refractivity contribution is 0.0952. The zero-order chi connectivity index (χ0) is 16.2. The molecule has 0 atom stereocenters. The van der Waals surface area contributed by atoms with E-state index in [1.807, 2.05) is 0 Å². The Kier molecular flexibility index (Phi) is 3.88. The number of hydrogen-bond acceptors (Lipinski definition) is 5. The predicted molar refractivity (Wildman–Crippen MR) is 82.7 cm³/mol. The van der Waals surface area contributed by atoms with Crippen molar-refractivity contribution in [3.63, 3.8) is 0 Å². The quantitative estimate of drug-likeness (QED) is 0.573. The summed E-state index contributed by atoms with van der Waals surface area (Å²) in [5.74, 6) is -0.405. The molecule has 0 saturated heterocycles. The number of benzene rings is 2. The number of aromatic hydroxyl groups is 1. The minimum absolute atomic E-state index is 0.00147. The monoisotopic (exact) mass is 308 g/mol. The van der Waals surface area contributed by atoms with Crippen molar-refractivity contribution in [1.82, 2.24) is 5.43 Å². The topological polar surface area (TPSA) is 91.9 Å². The lowest BCUT2D eigenvalue weighted by atomic mass is 10.1. The molecular weight excluding hydrogens is 296 g/mol. The third kappa shape index (κ3) is 2.96. The number of nitrogens with zero attached hydrogens (tertiary/aromatic N) is 1. The zero-order valence-electron chi connectivity index (χ0n) is 11.9. The van der Waals surface area contributed by atoms with Gasteiger partial charge in [0, 0.05) is 10.9 Å².